The van der Waals surface area contributed by atoms with Crippen molar-refractivity contribution in [2.24, 2.45) is 0 Å². The summed E-state index contributed by atoms with van der Waals surface area (Å²) in [5, 5.41) is 13.6. The highest BCUT2D eigenvalue weighted by molar-refractivity contribution is 5.66. The van der Waals surface area contributed by atoms with Gasteiger partial charge in [-0.1, -0.05) is 39.8 Å². The maximum absolute atomic E-state index is 13.6. The first-order valence-corrected chi connectivity index (χ1v) is 8.96. The molecule has 1 atom stereocenters. The number of benzene rings is 2. The van der Waals surface area contributed by atoms with Crippen molar-refractivity contribution in [3.8, 4) is 0 Å². The van der Waals surface area contributed by atoms with Gasteiger partial charge < -0.3 is 14.8 Å². The van der Waals surface area contributed by atoms with Crippen molar-refractivity contribution in [2.45, 2.75) is 52.6 Å². The highest BCUT2D eigenvalue weighted by Gasteiger charge is 2.38. The Kier molecular flexibility index (Phi) is 3.48. The van der Waals surface area contributed by atoms with Gasteiger partial charge in [-0.15, -0.1) is 0 Å². The molecule has 0 amide bonds. The summed E-state index contributed by atoms with van der Waals surface area (Å²) in [6.07, 6.45) is 0. The average Bonchev–Trinajstić information content (AvgIpc) is 2.53. The Morgan fingerprint density at radius 1 is 0.917 bits per heavy atom. The number of nitrogens with zero attached hydrogens (tertiary/aromatic N) is 2. The molecule has 2 heterocycles. The van der Waals surface area contributed by atoms with Crippen LogP contribution in [0.4, 0.5) is 11.4 Å². The van der Waals surface area contributed by atoms with Crippen LogP contribution < -0.4 is 9.55 Å². The highest BCUT2D eigenvalue weighted by Crippen LogP contribution is 2.43. The number of rotatable bonds is 2. The van der Waals surface area contributed by atoms with Crippen molar-refractivity contribution < 1.29 is 0 Å². The summed E-state index contributed by atoms with van der Waals surface area (Å²) in [4.78, 5) is 2.27. The first kappa shape index (κ1) is 15.7. The van der Waals surface area contributed by atoms with Crippen LogP contribution in [0.25, 0.3) is 0 Å². The van der Waals surface area contributed by atoms with Gasteiger partial charge in [0.05, 0.1) is 12.2 Å². The van der Waals surface area contributed by atoms with E-state index in [0.717, 1.165) is 12.2 Å². The van der Waals surface area contributed by atoms with Crippen LogP contribution in [0, 0.1) is 5.21 Å². The fourth-order valence-electron chi connectivity index (χ4n) is 4.07. The number of fused-ring (bicyclic) bond motifs is 6. The smallest absolute Gasteiger partial charge is 0.159 e. The number of hydroxylamine groups is 2. The van der Waals surface area contributed by atoms with Crippen LogP contribution >= 0.6 is 0 Å². The minimum absolute atomic E-state index is 0.248. The van der Waals surface area contributed by atoms with Gasteiger partial charge in [0.25, 0.3) is 0 Å². The maximum Gasteiger partial charge on any atom is 0.159 e. The fraction of sp³-hybridized carbons (Fsp3) is 0.429. The molecule has 2 aromatic rings. The molecule has 0 aromatic heterocycles. The van der Waals surface area contributed by atoms with Gasteiger partial charge >= 0.3 is 0 Å². The molecule has 0 N–H and O–H groups in total. The van der Waals surface area contributed by atoms with Crippen LogP contribution in [0.3, 0.4) is 0 Å². The van der Waals surface area contributed by atoms with Crippen molar-refractivity contribution >= 4 is 11.4 Å². The lowest BCUT2D eigenvalue weighted by Gasteiger charge is -2.53. The summed E-state index contributed by atoms with van der Waals surface area (Å²) in [7, 11) is 0. The minimum atomic E-state index is -0.248. The van der Waals surface area contributed by atoms with Crippen LogP contribution in [0.2, 0.25) is 0 Å². The monoisotopic (exact) mass is 322 g/mol. The second-order valence-corrected chi connectivity index (χ2v) is 7.97. The molecular formula is C21H26N2O. The van der Waals surface area contributed by atoms with Crippen molar-refractivity contribution in [3.63, 3.8) is 0 Å². The predicted molar refractivity (Wildman–Crippen MR) is 101 cm³/mol. The summed E-state index contributed by atoms with van der Waals surface area (Å²) in [5.41, 5.74) is 7.22. The van der Waals surface area contributed by atoms with E-state index in [4.69, 9.17) is 0 Å². The molecule has 0 radical (unpaired) electrons. The zero-order valence-corrected chi connectivity index (χ0v) is 15.0. The fourth-order valence-corrected chi connectivity index (χ4v) is 4.07. The number of hydrogen-bond donors (Lipinski definition) is 0. The Bertz CT molecular complexity index is 796. The molecular weight excluding hydrogens is 296 g/mol. The van der Waals surface area contributed by atoms with Crippen molar-refractivity contribution in [1.82, 2.24) is 4.65 Å². The van der Waals surface area contributed by atoms with Gasteiger partial charge in [-0.05, 0) is 41.2 Å². The Labute approximate surface area is 144 Å². The molecule has 2 aliphatic heterocycles. The average molecular weight is 322 g/mol. The van der Waals surface area contributed by atoms with E-state index < -0.39 is 0 Å². The lowest BCUT2D eigenvalue weighted by atomic mass is 9.93. The third kappa shape index (κ3) is 2.35. The van der Waals surface area contributed by atoms with Gasteiger partial charge in [-0.3, -0.25) is 0 Å². The zero-order chi connectivity index (χ0) is 17.1. The quantitative estimate of drug-likeness (QED) is 0.559. The molecule has 2 aromatic carbocycles. The van der Waals surface area contributed by atoms with Crippen LogP contribution in [-0.4, -0.2) is 6.67 Å². The molecule has 3 heteroatoms. The number of hydrogen-bond acceptors (Lipinski definition) is 2. The summed E-state index contributed by atoms with van der Waals surface area (Å²) in [5.74, 6) is 0.978. The molecule has 2 aliphatic rings. The highest BCUT2D eigenvalue weighted by atomic mass is 16.5. The third-order valence-corrected chi connectivity index (χ3v) is 5.51. The normalized spacial score (nSPS) is 21.9. The van der Waals surface area contributed by atoms with Gasteiger partial charge in [0.2, 0.25) is 0 Å². The first-order chi connectivity index (χ1) is 11.4. The number of anilines is 1. The van der Waals surface area contributed by atoms with E-state index in [1.165, 1.54) is 27.9 Å². The standard InChI is InChI=1S/C21H26N2O/c1-14(2)16-5-7-20-19(10-16)12-23(24)13-22(20)11-18-9-17(15(3)4)6-8-21(18)23/h5-10,14-15H,11-13H2,1-4H3. The largest absolute Gasteiger partial charge is 0.626 e. The second-order valence-electron chi connectivity index (χ2n) is 7.97. The van der Waals surface area contributed by atoms with E-state index in [-0.39, 0.29) is 4.65 Å². The Morgan fingerprint density at radius 3 is 2.21 bits per heavy atom. The van der Waals surface area contributed by atoms with Crippen molar-refractivity contribution in [3.05, 3.63) is 63.9 Å². The van der Waals surface area contributed by atoms with E-state index in [1.54, 1.807) is 0 Å². The number of quaternary nitrogens is 1. The van der Waals surface area contributed by atoms with Crippen LogP contribution in [0.1, 0.15) is 61.8 Å². The van der Waals surface area contributed by atoms with Gasteiger partial charge in [0.1, 0.15) is 12.2 Å². The molecule has 0 fully saturated rings. The van der Waals surface area contributed by atoms with E-state index in [2.05, 4.69) is 69.0 Å². The van der Waals surface area contributed by atoms with E-state index in [9.17, 15) is 5.21 Å². The minimum Gasteiger partial charge on any atom is -0.626 e. The SMILES string of the molecule is CC(C)c1ccc2c(c1)C[N+]1([O-])CN2Cc2cc(C(C)C)ccc21. The van der Waals surface area contributed by atoms with Crippen molar-refractivity contribution in [2.75, 3.05) is 11.6 Å². The molecule has 1 unspecified atom stereocenters. The molecule has 24 heavy (non-hydrogen) atoms. The summed E-state index contributed by atoms with van der Waals surface area (Å²) < 4.78 is -0.248. The Balaban J connectivity index is 1.80. The zero-order valence-electron chi connectivity index (χ0n) is 15.0. The summed E-state index contributed by atoms with van der Waals surface area (Å²) in [6, 6.07) is 13.1. The first-order valence-electron chi connectivity index (χ1n) is 8.96. The summed E-state index contributed by atoms with van der Waals surface area (Å²) in [6.45, 7) is 10.7. The molecule has 3 nitrogen and oxygen atoms in total. The lowest BCUT2D eigenvalue weighted by Crippen LogP contribution is -2.57. The van der Waals surface area contributed by atoms with E-state index >= 15 is 0 Å². The molecule has 0 aliphatic carbocycles. The maximum atomic E-state index is 13.6. The molecule has 0 saturated heterocycles. The van der Waals surface area contributed by atoms with E-state index in [0.29, 0.717) is 25.0 Å². The van der Waals surface area contributed by atoms with Gasteiger partial charge in [-0.2, -0.15) is 0 Å². The summed E-state index contributed by atoms with van der Waals surface area (Å²) >= 11 is 0. The predicted octanol–water partition coefficient (Wildman–Crippen LogP) is 5.23. The van der Waals surface area contributed by atoms with Gasteiger partial charge in [0, 0.05) is 17.2 Å². The van der Waals surface area contributed by atoms with Crippen LogP contribution in [-0.2, 0) is 13.1 Å². The van der Waals surface area contributed by atoms with Crippen molar-refractivity contribution in [1.29, 1.82) is 0 Å². The molecule has 126 valence electrons. The Morgan fingerprint density at radius 2 is 1.54 bits per heavy atom. The second kappa shape index (κ2) is 5.33. The lowest BCUT2D eigenvalue weighted by molar-refractivity contribution is 0.323. The van der Waals surface area contributed by atoms with Crippen LogP contribution in [0.15, 0.2) is 36.4 Å². The molecule has 0 saturated carbocycles. The van der Waals surface area contributed by atoms with Crippen LogP contribution in [0.5, 0.6) is 0 Å². The Hall–Kier alpha value is -1.84. The third-order valence-electron chi connectivity index (χ3n) is 5.51. The van der Waals surface area contributed by atoms with Gasteiger partial charge in [0.15, 0.2) is 6.67 Å². The molecule has 4 rings (SSSR count). The topological polar surface area (TPSA) is 26.3 Å². The molecule has 0 spiro atoms. The van der Waals surface area contributed by atoms with E-state index in [1.807, 2.05) is 0 Å². The van der Waals surface area contributed by atoms with Gasteiger partial charge in [-0.25, -0.2) is 0 Å². The molecule has 2 bridgehead atoms.